The van der Waals surface area contributed by atoms with Crippen molar-refractivity contribution in [2.75, 3.05) is 0 Å². The highest BCUT2D eigenvalue weighted by molar-refractivity contribution is 5.75. The van der Waals surface area contributed by atoms with Crippen LogP contribution in [0.15, 0.2) is 78.9 Å². The van der Waals surface area contributed by atoms with Crippen LogP contribution in [0.2, 0.25) is 0 Å². The van der Waals surface area contributed by atoms with E-state index >= 15 is 0 Å². The second kappa shape index (κ2) is 6.81. The number of hydrogen-bond donors (Lipinski definition) is 1. The number of ether oxygens (including phenoxy) is 1. The molecule has 25 heavy (non-hydrogen) atoms. The van der Waals surface area contributed by atoms with Gasteiger partial charge in [-0.05, 0) is 28.8 Å². The molecule has 0 aliphatic carbocycles. The Bertz CT molecular complexity index is 868. The lowest BCUT2D eigenvalue weighted by molar-refractivity contribution is 0.144. The standard InChI is InChI=1S/C22H20O3/c1-22(2,17-11-7-4-8-12-17)18-13-14-20(25-21(23)24)19(15-18)16-9-5-3-6-10-16/h3-15H,1-2H3,(H,23,24). The Labute approximate surface area is 147 Å². The van der Waals surface area contributed by atoms with E-state index in [2.05, 4.69) is 26.0 Å². The van der Waals surface area contributed by atoms with Gasteiger partial charge in [0.2, 0.25) is 0 Å². The van der Waals surface area contributed by atoms with Crippen molar-refractivity contribution in [1.82, 2.24) is 0 Å². The maximum Gasteiger partial charge on any atom is 0.511 e. The number of carboxylic acid groups (broad SMARTS) is 1. The van der Waals surface area contributed by atoms with Crippen molar-refractivity contribution >= 4 is 6.16 Å². The molecular weight excluding hydrogens is 312 g/mol. The molecule has 3 aromatic carbocycles. The average Bonchev–Trinajstić information content (AvgIpc) is 2.63. The lowest BCUT2D eigenvalue weighted by Gasteiger charge is -2.27. The highest BCUT2D eigenvalue weighted by Crippen LogP contribution is 2.37. The summed E-state index contributed by atoms with van der Waals surface area (Å²) in [6.45, 7) is 4.31. The molecule has 0 radical (unpaired) electrons. The van der Waals surface area contributed by atoms with E-state index in [1.54, 1.807) is 6.07 Å². The van der Waals surface area contributed by atoms with E-state index in [-0.39, 0.29) is 5.41 Å². The number of hydrogen-bond acceptors (Lipinski definition) is 2. The fraction of sp³-hybridized carbons (Fsp3) is 0.136. The summed E-state index contributed by atoms with van der Waals surface area (Å²) in [5, 5.41) is 9.02. The van der Waals surface area contributed by atoms with E-state index in [0.29, 0.717) is 5.75 Å². The normalized spacial score (nSPS) is 11.1. The van der Waals surface area contributed by atoms with Crippen molar-refractivity contribution in [2.24, 2.45) is 0 Å². The van der Waals surface area contributed by atoms with Gasteiger partial charge >= 0.3 is 6.16 Å². The molecule has 0 spiro atoms. The van der Waals surface area contributed by atoms with Gasteiger partial charge in [-0.2, -0.15) is 0 Å². The molecule has 0 aromatic heterocycles. The van der Waals surface area contributed by atoms with Crippen LogP contribution in [0.25, 0.3) is 11.1 Å². The summed E-state index contributed by atoms with van der Waals surface area (Å²) in [5.74, 6) is 0.339. The monoisotopic (exact) mass is 332 g/mol. The molecule has 0 saturated heterocycles. The average molecular weight is 332 g/mol. The van der Waals surface area contributed by atoms with Gasteiger partial charge in [0.25, 0.3) is 0 Å². The van der Waals surface area contributed by atoms with E-state index in [1.165, 1.54) is 5.56 Å². The van der Waals surface area contributed by atoms with Gasteiger partial charge < -0.3 is 9.84 Å². The molecule has 0 heterocycles. The molecule has 3 aromatic rings. The smallest absolute Gasteiger partial charge is 0.449 e. The molecule has 0 atom stereocenters. The highest BCUT2D eigenvalue weighted by Gasteiger charge is 2.24. The third-order valence-electron chi connectivity index (χ3n) is 4.48. The lowest BCUT2D eigenvalue weighted by atomic mass is 9.77. The molecule has 3 heteroatoms. The van der Waals surface area contributed by atoms with Crippen LogP contribution >= 0.6 is 0 Å². The Balaban J connectivity index is 2.12. The van der Waals surface area contributed by atoms with E-state index in [0.717, 1.165) is 16.7 Å². The molecule has 126 valence electrons. The predicted molar refractivity (Wildman–Crippen MR) is 99.1 cm³/mol. The van der Waals surface area contributed by atoms with E-state index in [4.69, 9.17) is 9.84 Å². The molecular formula is C22H20O3. The number of carbonyl (C=O) groups is 1. The van der Waals surface area contributed by atoms with Crippen molar-refractivity contribution in [3.05, 3.63) is 90.0 Å². The van der Waals surface area contributed by atoms with Crippen LogP contribution in [0.4, 0.5) is 4.79 Å². The molecule has 1 N–H and O–H groups in total. The van der Waals surface area contributed by atoms with Gasteiger partial charge in [0.05, 0.1) is 0 Å². The zero-order chi connectivity index (χ0) is 17.9. The molecule has 0 bridgehead atoms. The van der Waals surface area contributed by atoms with Gasteiger partial charge in [-0.3, -0.25) is 0 Å². The summed E-state index contributed by atoms with van der Waals surface area (Å²) < 4.78 is 4.99. The Morgan fingerprint density at radius 2 is 1.44 bits per heavy atom. The van der Waals surface area contributed by atoms with Gasteiger partial charge in [-0.15, -0.1) is 0 Å². The van der Waals surface area contributed by atoms with Gasteiger partial charge in [0.15, 0.2) is 0 Å². The minimum Gasteiger partial charge on any atom is -0.449 e. The molecule has 0 amide bonds. The zero-order valence-electron chi connectivity index (χ0n) is 14.3. The highest BCUT2D eigenvalue weighted by atomic mass is 16.7. The summed E-state index contributed by atoms with van der Waals surface area (Å²) in [4.78, 5) is 11.0. The molecule has 0 fully saturated rings. The first-order valence-electron chi connectivity index (χ1n) is 8.15. The van der Waals surface area contributed by atoms with Crippen LogP contribution in [0.3, 0.4) is 0 Å². The maximum absolute atomic E-state index is 11.0. The minimum absolute atomic E-state index is 0.216. The van der Waals surface area contributed by atoms with Crippen LogP contribution < -0.4 is 4.74 Å². The Morgan fingerprint density at radius 3 is 2.04 bits per heavy atom. The predicted octanol–water partition coefficient (Wildman–Crippen LogP) is 5.74. The van der Waals surface area contributed by atoms with Crippen molar-refractivity contribution in [2.45, 2.75) is 19.3 Å². The van der Waals surface area contributed by atoms with E-state index in [9.17, 15) is 4.79 Å². The Hall–Kier alpha value is -3.07. The molecule has 0 aliphatic rings. The summed E-state index contributed by atoms with van der Waals surface area (Å²) in [6, 6.07) is 25.6. The Kier molecular flexibility index (Phi) is 4.57. The van der Waals surface area contributed by atoms with E-state index in [1.807, 2.05) is 60.7 Å². The van der Waals surface area contributed by atoms with Crippen molar-refractivity contribution < 1.29 is 14.6 Å². The fourth-order valence-electron chi connectivity index (χ4n) is 2.97. The summed E-state index contributed by atoms with van der Waals surface area (Å²) in [6.07, 6.45) is -1.31. The van der Waals surface area contributed by atoms with E-state index < -0.39 is 6.16 Å². The van der Waals surface area contributed by atoms with Crippen LogP contribution in [-0.4, -0.2) is 11.3 Å². The van der Waals surface area contributed by atoms with Crippen LogP contribution in [0.5, 0.6) is 5.75 Å². The minimum atomic E-state index is -1.31. The summed E-state index contributed by atoms with van der Waals surface area (Å²) in [7, 11) is 0. The maximum atomic E-state index is 11.0. The second-order valence-corrected chi connectivity index (χ2v) is 6.44. The van der Waals surface area contributed by atoms with Crippen molar-refractivity contribution in [3.63, 3.8) is 0 Å². The Morgan fingerprint density at radius 1 is 0.840 bits per heavy atom. The summed E-state index contributed by atoms with van der Waals surface area (Å²) >= 11 is 0. The zero-order valence-corrected chi connectivity index (χ0v) is 14.3. The molecule has 3 rings (SSSR count). The van der Waals surface area contributed by atoms with Gasteiger partial charge in [-0.1, -0.05) is 80.6 Å². The first kappa shape index (κ1) is 16.8. The number of benzene rings is 3. The molecule has 0 saturated carbocycles. The topological polar surface area (TPSA) is 46.5 Å². The molecule has 0 unspecified atom stereocenters. The van der Waals surface area contributed by atoms with Crippen LogP contribution in [0, 0.1) is 0 Å². The van der Waals surface area contributed by atoms with Gasteiger partial charge in [-0.25, -0.2) is 4.79 Å². The largest absolute Gasteiger partial charge is 0.511 e. The fourth-order valence-corrected chi connectivity index (χ4v) is 2.97. The number of rotatable bonds is 4. The first-order valence-corrected chi connectivity index (χ1v) is 8.15. The third kappa shape index (κ3) is 3.56. The van der Waals surface area contributed by atoms with Crippen molar-refractivity contribution in [1.29, 1.82) is 0 Å². The van der Waals surface area contributed by atoms with Crippen LogP contribution in [0.1, 0.15) is 25.0 Å². The third-order valence-corrected chi connectivity index (χ3v) is 4.48. The van der Waals surface area contributed by atoms with Gasteiger partial charge in [0.1, 0.15) is 5.75 Å². The quantitative estimate of drug-likeness (QED) is 0.490. The SMILES string of the molecule is CC(C)(c1ccccc1)c1ccc(OC(=O)O)c(-c2ccccc2)c1. The second-order valence-electron chi connectivity index (χ2n) is 6.44. The molecule has 0 aliphatic heterocycles. The first-order chi connectivity index (χ1) is 12.0. The van der Waals surface area contributed by atoms with Crippen molar-refractivity contribution in [3.8, 4) is 16.9 Å². The van der Waals surface area contributed by atoms with Crippen LogP contribution in [-0.2, 0) is 5.41 Å². The van der Waals surface area contributed by atoms with Gasteiger partial charge in [0, 0.05) is 11.0 Å². The molecule has 3 nitrogen and oxygen atoms in total. The summed E-state index contributed by atoms with van der Waals surface area (Å²) in [5.41, 5.74) is 3.76. The lowest BCUT2D eigenvalue weighted by Crippen LogP contribution is -2.19.